The molecule has 0 aromatic heterocycles. The van der Waals surface area contributed by atoms with Crippen molar-refractivity contribution in [3.63, 3.8) is 0 Å². The zero-order valence-electron chi connectivity index (χ0n) is 8.32. The lowest BCUT2D eigenvalue weighted by Crippen LogP contribution is -2.49. The van der Waals surface area contributed by atoms with Crippen LogP contribution in [0.25, 0.3) is 0 Å². The lowest BCUT2D eigenvalue weighted by atomic mass is 10.0. The molecule has 0 aliphatic heterocycles. The van der Waals surface area contributed by atoms with Gasteiger partial charge in [-0.1, -0.05) is 0 Å². The van der Waals surface area contributed by atoms with E-state index in [-0.39, 0.29) is 19.7 Å². The number of hydrogen-bond acceptors (Lipinski definition) is 7. The fourth-order valence-electron chi connectivity index (χ4n) is 1.01. The van der Waals surface area contributed by atoms with Gasteiger partial charge in [0.05, 0.1) is 19.3 Å². The van der Waals surface area contributed by atoms with Crippen molar-refractivity contribution in [1.82, 2.24) is 5.32 Å². The summed E-state index contributed by atoms with van der Waals surface area (Å²) in [6, 6.07) is 0. The van der Waals surface area contributed by atoms with E-state index in [1.54, 1.807) is 0 Å². The molecule has 0 unspecified atom stereocenters. The second-order valence-corrected chi connectivity index (χ2v) is 3.23. The second-order valence-electron chi connectivity index (χ2n) is 3.23. The van der Waals surface area contributed by atoms with Crippen LogP contribution in [-0.4, -0.2) is 81.4 Å². The highest BCUT2D eigenvalue weighted by atomic mass is 16.4. The SMILES string of the molecule is OCCNC[C@H](O)[C@@H](O)[C@H](O)[C@H](O)CO. The first-order valence-electron chi connectivity index (χ1n) is 4.69. The van der Waals surface area contributed by atoms with Gasteiger partial charge in [-0.05, 0) is 0 Å². The highest BCUT2D eigenvalue weighted by Crippen LogP contribution is 2.04. The summed E-state index contributed by atoms with van der Waals surface area (Å²) in [5.41, 5.74) is 0. The van der Waals surface area contributed by atoms with Crippen LogP contribution in [0.1, 0.15) is 0 Å². The summed E-state index contributed by atoms with van der Waals surface area (Å²) in [5.74, 6) is 0. The smallest absolute Gasteiger partial charge is 0.111 e. The zero-order chi connectivity index (χ0) is 11.8. The Morgan fingerprint density at radius 3 is 1.87 bits per heavy atom. The van der Waals surface area contributed by atoms with Crippen LogP contribution in [0.15, 0.2) is 0 Å². The van der Waals surface area contributed by atoms with Crippen LogP contribution < -0.4 is 5.32 Å². The van der Waals surface area contributed by atoms with Crippen LogP contribution in [0.3, 0.4) is 0 Å². The first-order chi connectivity index (χ1) is 7.04. The third-order valence-corrected chi connectivity index (χ3v) is 1.97. The van der Waals surface area contributed by atoms with Crippen molar-refractivity contribution in [2.24, 2.45) is 0 Å². The van der Waals surface area contributed by atoms with Gasteiger partial charge in [0.25, 0.3) is 0 Å². The van der Waals surface area contributed by atoms with E-state index in [4.69, 9.17) is 15.3 Å². The molecule has 0 bridgehead atoms. The first-order valence-corrected chi connectivity index (χ1v) is 4.69. The minimum Gasteiger partial charge on any atom is -0.395 e. The second kappa shape index (κ2) is 7.94. The number of rotatable bonds is 8. The van der Waals surface area contributed by atoms with Crippen molar-refractivity contribution in [3.05, 3.63) is 0 Å². The fraction of sp³-hybridized carbons (Fsp3) is 1.00. The summed E-state index contributed by atoms with van der Waals surface area (Å²) >= 11 is 0. The molecule has 0 heterocycles. The molecule has 0 rings (SSSR count). The van der Waals surface area contributed by atoms with Crippen LogP contribution in [0, 0.1) is 0 Å². The fourth-order valence-corrected chi connectivity index (χ4v) is 1.01. The van der Waals surface area contributed by atoms with Gasteiger partial charge in [0.2, 0.25) is 0 Å². The molecule has 7 heteroatoms. The average molecular weight is 225 g/mol. The predicted molar refractivity (Wildman–Crippen MR) is 51.1 cm³/mol. The Labute approximate surface area is 87.6 Å². The summed E-state index contributed by atoms with van der Waals surface area (Å²) in [6.07, 6.45) is -5.94. The molecule has 0 aromatic carbocycles. The van der Waals surface area contributed by atoms with Gasteiger partial charge in [-0.2, -0.15) is 0 Å². The average Bonchev–Trinajstić information content (AvgIpc) is 2.26. The molecule has 0 aliphatic carbocycles. The van der Waals surface area contributed by atoms with Gasteiger partial charge in [0.15, 0.2) is 0 Å². The Bertz CT molecular complexity index is 158. The maximum atomic E-state index is 9.31. The Morgan fingerprint density at radius 2 is 1.40 bits per heavy atom. The first kappa shape index (κ1) is 14.7. The summed E-state index contributed by atoms with van der Waals surface area (Å²) in [4.78, 5) is 0. The molecule has 0 aromatic rings. The molecule has 7 N–H and O–H groups in total. The maximum absolute atomic E-state index is 9.31. The van der Waals surface area contributed by atoms with Crippen molar-refractivity contribution in [2.45, 2.75) is 24.4 Å². The number of hydrogen-bond donors (Lipinski definition) is 7. The van der Waals surface area contributed by atoms with E-state index in [0.717, 1.165) is 0 Å². The standard InChI is InChI=1S/C8H19NO6/c10-2-1-9-3-5(12)7(14)8(15)6(13)4-11/h5-15H,1-4H2/t5-,6+,7+,8+/m0/s1. The summed E-state index contributed by atoms with van der Waals surface area (Å²) in [6.45, 7) is -0.584. The van der Waals surface area contributed by atoms with Crippen molar-refractivity contribution in [3.8, 4) is 0 Å². The van der Waals surface area contributed by atoms with E-state index in [1.165, 1.54) is 0 Å². The molecule has 0 spiro atoms. The Kier molecular flexibility index (Phi) is 7.79. The third-order valence-electron chi connectivity index (χ3n) is 1.97. The molecule has 0 saturated carbocycles. The summed E-state index contributed by atoms with van der Waals surface area (Å²) in [5, 5.41) is 56.4. The Hall–Kier alpha value is -0.280. The van der Waals surface area contributed by atoms with E-state index in [0.29, 0.717) is 0 Å². The molecule has 0 amide bonds. The van der Waals surface area contributed by atoms with Gasteiger partial charge in [0, 0.05) is 13.1 Å². The lowest BCUT2D eigenvalue weighted by molar-refractivity contribution is -0.114. The highest BCUT2D eigenvalue weighted by molar-refractivity contribution is 4.81. The van der Waals surface area contributed by atoms with E-state index >= 15 is 0 Å². The quantitative estimate of drug-likeness (QED) is 0.209. The predicted octanol–water partition coefficient (Wildman–Crippen LogP) is -4.00. The van der Waals surface area contributed by atoms with Crippen LogP contribution in [-0.2, 0) is 0 Å². The van der Waals surface area contributed by atoms with Crippen LogP contribution >= 0.6 is 0 Å². The number of nitrogens with one attached hydrogen (secondary N) is 1. The van der Waals surface area contributed by atoms with Gasteiger partial charge in [-0.3, -0.25) is 0 Å². The normalized spacial score (nSPS) is 19.6. The van der Waals surface area contributed by atoms with E-state index in [9.17, 15) is 15.3 Å². The number of aliphatic hydroxyl groups is 6. The third kappa shape index (κ3) is 5.38. The van der Waals surface area contributed by atoms with Crippen molar-refractivity contribution < 1.29 is 30.6 Å². The lowest BCUT2D eigenvalue weighted by Gasteiger charge is -2.25. The molecular formula is C8H19NO6. The van der Waals surface area contributed by atoms with Crippen molar-refractivity contribution in [1.29, 1.82) is 0 Å². The van der Waals surface area contributed by atoms with Gasteiger partial charge in [-0.25, -0.2) is 0 Å². The van der Waals surface area contributed by atoms with Crippen LogP contribution in [0.5, 0.6) is 0 Å². The molecule has 92 valence electrons. The molecule has 0 radical (unpaired) electrons. The minimum absolute atomic E-state index is 0.0308. The van der Waals surface area contributed by atoms with E-state index < -0.39 is 31.0 Å². The van der Waals surface area contributed by atoms with Gasteiger partial charge in [-0.15, -0.1) is 0 Å². The highest BCUT2D eigenvalue weighted by Gasteiger charge is 2.29. The Morgan fingerprint density at radius 1 is 0.867 bits per heavy atom. The van der Waals surface area contributed by atoms with Crippen LogP contribution in [0.4, 0.5) is 0 Å². The topological polar surface area (TPSA) is 133 Å². The minimum atomic E-state index is -1.61. The van der Waals surface area contributed by atoms with E-state index in [2.05, 4.69) is 5.32 Å². The zero-order valence-corrected chi connectivity index (χ0v) is 8.32. The molecule has 15 heavy (non-hydrogen) atoms. The van der Waals surface area contributed by atoms with Crippen LogP contribution in [0.2, 0.25) is 0 Å². The molecular weight excluding hydrogens is 206 g/mol. The van der Waals surface area contributed by atoms with Gasteiger partial charge < -0.3 is 36.0 Å². The molecule has 7 nitrogen and oxygen atoms in total. The largest absolute Gasteiger partial charge is 0.395 e. The Balaban J connectivity index is 3.90. The molecule has 0 aliphatic rings. The molecule has 0 fully saturated rings. The molecule has 4 atom stereocenters. The number of aliphatic hydroxyl groups excluding tert-OH is 6. The molecule has 0 saturated heterocycles. The monoisotopic (exact) mass is 225 g/mol. The summed E-state index contributed by atoms with van der Waals surface area (Å²) < 4.78 is 0. The van der Waals surface area contributed by atoms with Crippen molar-refractivity contribution in [2.75, 3.05) is 26.3 Å². The summed E-state index contributed by atoms with van der Waals surface area (Å²) in [7, 11) is 0. The van der Waals surface area contributed by atoms with Gasteiger partial charge in [0.1, 0.15) is 18.3 Å². The maximum Gasteiger partial charge on any atom is 0.111 e. The van der Waals surface area contributed by atoms with E-state index in [1.807, 2.05) is 0 Å². The van der Waals surface area contributed by atoms with Gasteiger partial charge >= 0.3 is 0 Å². The van der Waals surface area contributed by atoms with Crippen molar-refractivity contribution >= 4 is 0 Å².